The number of hydrogen-bond donors (Lipinski definition) is 1. The SMILES string of the molecule is OC(COC1CCC1)C1CCOC1. The Kier molecular flexibility index (Phi) is 3.19. The third-order valence-electron chi connectivity index (χ3n) is 3.06. The predicted octanol–water partition coefficient (Wildman–Crippen LogP) is 0.953. The molecule has 76 valence electrons. The zero-order chi connectivity index (χ0) is 9.10. The van der Waals surface area contributed by atoms with Crippen LogP contribution in [0.3, 0.4) is 0 Å². The minimum atomic E-state index is -0.317. The highest BCUT2D eigenvalue weighted by Gasteiger charge is 2.26. The van der Waals surface area contributed by atoms with Crippen molar-refractivity contribution in [3.8, 4) is 0 Å². The molecule has 3 heteroatoms. The van der Waals surface area contributed by atoms with Crippen LogP contribution in [0.15, 0.2) is 0 Å². The molecule has 1 saturated carbocycles. The second-order valence-electron chi connectivity index (χ2n) is 4.08. The van der Waals surface area contributed by atoms with E-state index in [0.29, 0.717) is 25.2 Å². The molecule has 2 atom stereocenters. The molecule has 0 spiro atoms. The number of ether oxygens (including phenoxy) is 2. The fourth-order valence-corrected chi connectivity index (χ4v) is 1.76. The highest BCUT2D eigenvalue weighted by molar-refractivity contribution is 4.75. The highest BCUT2D eigenvalue weighted by atomic mass is 16.5. The summed E-state index contributed by atoms with van der Waals surface area (Å²) in [5, 5.41) is 9.71. The third-order valence-corrected chi connectivity index (χ3v) is 3.06. The normalized spacial score (nSPS) is 31.6. The molecule has 2 aliphatic rings. The van der Waals surface area contributed by atoms with Crippen molar-refractivity contribution in [2.24, 2.45) is 5.92 Å². The molecule has 1 heterocycles. The molecule has 2 fully saturated rings. The summed E-state index contributed by atoms with van der Waals surface area (Å²) in [7, 11) is 0. The van der Waals surface area contributed by atoms with Crippen molar-refractivity contribution >= 4 is 0 Å². The molecule has 0 aromatic rings. The summed E-state index contributed by atoms with van der Waals surface area (Å²) in [4.78, 5) is 0. The lowest BCUT2D eigenvalue weighted by molar-refractivity contribution is -0.0582. The van der Waals surface area contributed by atoms with Crippen molar-refractivity contribution in [3.63, 3.8) is 0 Å². The molecule has 3 nitrogen and oxygen atoms in total. The lowest BCUT2D eigenvalue weighted by Gasteiger charge is -2.27. The van der Waals surface area contributed by atoms with Crippen LogP contribution in [-0.2, 0) is 9.47 Å². The molecule has 0 radical (unpaired) electrons. The molecule has 0 bridgehead atoms. The first-order valence-corrected chi connectivity index (χ1v) is 5.23. The Bertz CT molecular complexity index is 150. The smallest absolute Gasteiger partial charge is 0.0824 e. The molecule has 2 unspecified atom stereocenters. The molecule has 0 amide bonds. The lowest BCUT2D eigenvalue weighted by atomic mass is 9.96. The molecule has 13 heavy (non-hydrogen) atoms. The molecular weight excluding hydrogens is 168 g/mol. The molecule has 1 aliphatic carbocycles. The summed E-state index contributed by atoms with van der Waals surface area (Å²) in [6.45, 7) is 2.00. The Labute approximate surface area is 79.0 Å². The van der Waals surface area contributed by atoms with Gasteiger partial charge in [-0.1, -0.05) is 0 Å². The molecule has 1 N–H and O–H groups in total. The maximum atomic E-state index is 9.71. The minimum absolute atomic E-state index is 0.306. The van der Waals surface area contributed by atoms with Crippen molar-refractivity contribution < 1.29 is 14.6 Å². The fourth-order valence-electron chi connectivity index (χ4n) is 1.76. The minimum Gasteiger partial charge on any atom is -0.390 e. The summed E-state index contributed by atoms with van der Waals surface area (Å²) in [5.74, 6) is 0.306. The van der Waals surface area contributed by atoms with Crippen molar-refractivity contribution in [1.82, 2.24) is 0 Å². The summed E-state index contributed by atoms with van der Waals surface area (Å²) < 4.78 is 10.8. The van der Waals surface area contributed by atoms with E-state index in [1.165, 1.54) is 19.3 Å². The van der Waals surface area contributed by atoms with E-state index in [-0.39, 0.29) is 6.10 Å². The van der Waals surface area contributed by atoms with Crippen LogP contribution in [0.25, 0.3) is 0 Å². The first-order chi connectivity index (χ1) is 6.36. The zero-order valence-electron chi connectivity index (χ0n) is 7.95. The Hall–Kier alpha value is -0.120. The van der Waals surface area contributed by atoms with Crippen LogP contribution in [0.2, 0.25) is 0 Å². The van der Waals surface area contributed by atoms with Crippen LogP contribution in [0, 0.1) is 5.92 Å². The highest BCUT2D eigenvalue weighted by Crippen LogP contribution is 2.23. The van der Waals surface area contributed by atoms with Gasteiger partial charge in [-0.2, -0.15) is 0 Å². The van der Waals surface area contributed by atoms with Gasteiger partial charge in [0.1, 0.15) is 0 Å². The summed E-state index contributed by atoms with van der Waals surface area (Å²) in [5.41, 5.74) is 0. The van der Waals surface area contributed by atoms with E-state index in [2.05, 4.69) is 0 Å². The van der Waals surface area contributed by atoms with E-state index in [1.807, 2.05) is 0 Å². The molecular formula is C10H18O3. The quantitative estimate of drug-likeness (QED) is 0.710. The average Bonchev–Trinajstić information content (AvgIpc) is 2.52. The van der Waals surface area contributed by atoms with Crippen LogP contribution < -0.4 is 0 Å². The topological polar surface area (TPSA) is 38.7 Å². The van der Waals surface area contributed by atoms with Gasteiger partial charge >= 0.3 is 0 Å². The number of aliphatic hydroxyl groups is 1. The van der Waals surface area contributed by atoms with Crippen molar-refractivity contribution in [2.45, 2.75) is 37.9 Å². The summed E-state index contributed by atoms with van der Waals surface area (Å²) >= 11 is 0. The van der Waals surface area contributed by atoms with Crippen molar-refractivity contribution in [3.05, 3.63) is 0 Å². The number of rotatable bonds is 4. The molecule has 0 aromatic heterocycles. The fraction of sp³-hybridized carbons (Fsp3) is 1.00. The van der Waals surface area contributed by atoms with Gasteiger partial charge in [0.2, 0.25) is 0 Å². The van der Waals surface area contributed by atoms with Gasteiger partial charge in [-0.05, 0) is 25.7 Å². The van der Waals surface area contributed by atoms with E-state index >= 15 is 0 Å². The van der Waals surface area contributed by atoms with Crippen LogP contribution in [0.5, 0.6) is 0 Å². The summed E-state index contributed by atoms with van der Waals surface area (Å²) in [6.07, 6.45) is 4.73. The Morgan fingerprint density at radius 2 is 2.23 bits per heavy atom. The van der Waals surface area contributed by atoms with Crippen LogP contribution in [-0.4, -0.2) is 37.1 Å². The van der Waals surface area contributed by atoms with E-state index in [4.69, 9.17) is 9.47 Å². The second-order valence-corrected chi connectivity index (χ2v) is 4.08. The van der Waals surface area contributed by atoms with Gasteiger partial charge in [-0.15, -0.1) is 0 Å². The first-order valence-electron chi connectivity index (χ1n) is 5.23. The van der Waals surface area contributed by atoms with E-state index in [9.17, 15) is 5.11 Å². The number of hydrogen-bond acceptors (Lipinski definition) is 3. The van der Waals surface area contributed by atoms with Crippen LogP contribution >= 0.6 is 0 Å². The van der Waals surface area contributed by atoms with Gasteiger partial charge in [0.25, 0.3) is 0 Å². The monoisotopic (exact) mass is 186 g/mol. The maximum absolute atomic E-state index is 9.71. The Balaban J connectivity index is 1.62. The molecule has 0 aromatic carbocycles. The zero-order valence-corrected chi connectivity index (χ0v) is 7.95. The second kappa shape index (κ2) is 4.40. The Morgan fingerprint density at radius 1 is 1.38 bits per heavy atom. The third kappa shape index (κ3) is 2.42. The first kappa shape index (κ1) is 9.44. The van der Waals surface area contributed by atoms with Gasteiger partial charge in [-0.3, -0.25) is 0 Å². The van der Waals surface area contributed by atoms with Crippen molar-refractivity contribution in [1.29, 1.82) is 0 Å². The van der Waals surface area contributed by atoms with Gasteiger partial charge in [0, 0.05) is 12.5 Å². The predicted molar refractivity (Wildman–Crippen MR) is 48.5 cm³/mol. The standard InChI is InChI=1S/C10H18O3/c11-10(8-4-5-12-6-8)7-13-9-2-1-3-9/h8-11H,1-7H2. The average molecular weight is 186 g/mol. The largest absolute Gasteiger partial charge is 0.390 e. The Morgan fingerprint density at radius 3 is 2.77 bits per heavy atom. The molecule has 1 saturated heterocycles. The number of aliphatic hydroxyl groups excluding tert-OH is 1. The van der Waals surface area contributed by atoms with Gasteiger partial charge in [-0.25, -0.2) is 0 Å². The van der Waals surface area contributed by atoms with Crippen molar-refractivity contribution in [2.75, 3.05) is 19.8 Å². The lowest BCUT2D eigenvalue weighted by Crippen LogP contribution is -2.31. The van der Waals surface area contributed by atoms with Crippen LogP contribution in [0.4, 0.5) is 0 Å². The molecule has 2 rings (SSSR count). The summed E-state index contributed by atoms with van der Waals surface area (Å²) in [6, 6.07) is 0. The van der Waals surface area contributed by atoms with Gasteiger partial charge in [0.05, 0.1) is 25.4 Å². The van der Waals surface area contributed by atoms with E-state index < -0.39 is 0 Å². The van der Waals surface area contributed by atoms with E-state index in [1.54, 1.807) is 0 Å². The maximum Gasteiger partial charge on any atom is 0.0824 e. The van der Waals surface area contributed by atoms with Gasteiger partial charge in [0.15, 0.2) is 0 Å². The van der Waals surface area contributed by atoms with Crippen LogP contribution in [0.1, 0.15) is 25.7 Å². The van der Waals surface area contributed by atoms with Gasteiger partial charge < -0.3 is 14.6 Å². The molecule has 1 aliphatic heterocycles. The van der Waals surface area contributed by atoms with E-state index in [0.717, 1.165) is 13.0 Å².